The lowest BCUT2D eigenvalue weighted by Crippen LogP contribution is -2.13. The summed E-state index contributed by atoms with van der Waals surface area (Å²) in [4.78, 5) is 21.9. The highest BCUT2D eigenvalue weighted by molar-refractivity contribution is 5.89. The summed E-state index contributed by atoms with van der Waals surface area (Å²) in [5.74, 6) is -0.615. The first kappa shape index (κ1) is 21.8. The average Bonchev–Trinajstić information content (AvgIpc) is 2.72. The van der Waals surface area contributed by atoms with Gasteiger partial charge in [0.15, 0.2) is 23.0 Å². The van der Waals surface area contributed by atoms with Crippen molar-refractivity contribution in [2.45, 2.75) is 0 Å². The van der Waals surface area contributed by atoms with Gasteiger partial charge in [0, 0.05) is 0 Å². The zero-order chi connectivity index (χ0) is 21.2. The molecule has 0 amide bonds. The number of rotatable bonds is 12. The summed E-state index contributed by atoms with van der Waals surface area (Å²) < 4.78 is 26.8. The number of hydrogen-bond acceptors (Lipinski definition) is 7. The summed E-state index contributed by atoms with van der Waals surface area (Å²) in [5, 5.41) is 18.0. The Labute approximate surface area is 167 Å². The van der Waals surface area contributed by atoms with Crippen LogP contribution < -0.4 is 18.9 Å². The van der Waals surface area contributed by atoms with Crippen LogP contribution >= 0.6 is 0 Å². The van der Waals surface area contributed by atoms with Gasteiger partial charge in [0.25, 0.3) is 0 Å². The third kappa shape index (κ3) is 6.28. The monoisotopic (exact) mass is 406 g/mol. The van der Waals surface area contributed by atoms with Gasteiger partial charge < -0.3 is 33.9 Å². The molecule has 0 saturated heterocycles. The second-order valence-corrected chi connectivity index (χ2v) is 5.65. The fourth-order valence-corrected chi connectivity index (χ4v) is 2.36. The van der Waals surface area contributed by atoms with Crippen LogP contribution in [0.25, 0.3) is 0 Å². The topological polar surface area (TPSA) is 121 Å². The van der Waals surface area contributed by atoms with Crippen LogP contribution in [-0.4, -0.2) is 62.8 Å². The molecule has 0 radical (unpaired) electrons. The molecule has 9 nitrogen and oxygen atoms in total. The molecule has 0 atom stereocenters. The Hall–Kier alpha value is -3.46. The highest BCUT2D eigenvalue weighted by atomic mass is 16.6. The molecule has 0 spiro atoms. The molecule has 0 bridgehead atoms. The van der Waals surface area contributed by atoms with Crippen LogP contribution in [0.3, 0.4) is 0 Å². The number of carbonyl (C=O) groups is 2. The summed E-state index contributed by atoms with van der Waals surface area (Å²) in [6.07, 6.45) is 0. The van der Waals surface area contributed by atoms with Gasteiger partial charge in [-0.25, -0.2) is 9.59 Å². The van der Waals surface area contributed by atoms with Crippen LogP contribution in [0.5, 0.6) is 23.0 Å². The highest BCUT2D eigenvalue weighted by Gasteiger charge is 2.11. The SMILES string of the molecule is COc1cc(C(=O)O)ccc1OCCOCCOc1ccc(C(=O)O)cc1OC. The van der Waals surface area contributed by atoms with Crippen molar-refractivity contribution in [2.24, 2.45) is 0 Å². The highest BCUT2D eigenvalue weighted by Crippen LogP contribution is 2.29. The van der Waals surface area contributed by atoms with E-state index in [0.29, 0.717) is 23.0 Å². The summed E-state index contributed by atoms with van der Waals surface area (Å²) in [6, 6.07) is 8.68. The first-order chi connectivity index (χ1) is 14.0. The van der Waals surface area contributed by atoms with Crippen molar-refractivity contribution >= 4 is 11.9 Å². The van der Waals surface area contributed by atoms with Gasteiger partial charge in [-0.2, -0.15) is 0 Å². The molecule has 2 aromatic carbocycles. The summed E-state index contributed by atoms with van der Waals surface area (Å²) in [6.45, 7) is 1.03. The van der Waals surface area contributed by atoms with E-state index in [-0.39, 0.29) is 37.6 Å². The van der Waals surface area contributed by atoms with Crippen molar-refractivity contribution in [3.8, 4) is 23.0 Å². The second kappa shape index (κ2) is 10.8. The van der Waals surface area contributed by atoms with Crippen LogP contribution in [0.1, 0.15) is 20.7 Å². The van der Waals surface area contributed by atoms with Gasteiger partial charge in [0.2, 0.25) is 0 Å². The van der Waals surface area contributed by atoms with Gasteiger partial charge in [-0.1, -0.05) is 0 Å². The molecule has 0 aromatic heterocycles. The van der Waals surface area contributed by atoms with Crippen molar-refractivity contribution in [3.63, 3.8) is 0 Å². The lowest BCUT2D eigenvalue weighted by atomic mass is 10.2. The van der Waals surface area contributed by atoms with Crippen LogP contribution in [0.4, 0.5) is 0 Å². The quantitative estimate of drug-likeness (QED) is 0.512. The molecule has 0 aliphatic rings. The maximum atomic E-state index is 11.0. The Morgan fingerprint density at radius 3 is 1.45 bits per heavy atom. The molecule has 29 heavy (non-hydrogen) atoms. The molecule has 0 unspecified atom stereocenters. The standard InChI is InChI=1S/C20H22O9/c1-25-17-11-13(19(21)22)3-5-15(17)28-9-7-27-8-10-29-16-6-4-14(20(23)24)12-18(16)26-2/h3-6,11-12H,7-10H2,1-2H3,(H,21,22)(H,23,24). The van der Waals surface area contributed by atoms with Crippen molar-refractivity contribution in [2.75, 3.05) is 40.6 Å². The Morgan fingerprint density at radius 1 is 0.690 bits per heavy atom. The number of aromatic carboxylic acids is 2. The molecule has 2 N–H and O–H groups in total. The van der Waals surface area contributed by atoms with Gasteiger partial charge in [0.1, 0.15) is 13.2 Å². The number of carboxylic acids is 2. The minimum Gasteiger partial charge on any atom is -0.493 e. The van der Waals surface area contributed by atoms with Gasteiger partial charge in [0.05, 0.1) is 38.6 Å². The molecule has 2 rings (SSSR count). The van der Waals surface area contributed by atoms with Crippen LogP contribution in [-0.2, 0) is 4.74 Å². The van der Waals surface area contributed by atoms with E-state index in [1.807, 2.05) is 0 Å². The predicted molar refractivity (Wildman–Crippen MR) is 102 cm³/mol. The normalized spacial score (nSPS) is 10.3. The van der Waals surface area contributed by atoms with Crippen molar-refractivity contribution in [3.05, 3.63) is 47.5 Å². The van der Waals surface area contributed by atoms with Crippen LogP contribution in [0.15, 0.2) is 36.4 Å². The Kier molecular flexibility index (Phi) is 8.11. The van der Waals surface area contributed by atoms with E-state index in [1.54, 1.807) is 0 Å². The summed E-state index contributed by atoms with van der Waals surface area (Å²) in [7, 11) is 2.86. The number of methoxy groups -OCH3 is 2. The Morgan fingerprint density at radius 2 is 1.10 bits per heavy atom. The van der Waals surface area contributed by atoms with Gasteiger partial charge in [-0.05, 0) is 36.4 Å². The first-order valence-electron chi connectivity index (χ1n) is 8.62. The smallest absolute Gasteiger partial charge is 0.335 e. The lowest BCUT2D eigenvalue weighted by Gasteiger charge is -2.13. The van der Waals surface area contributed by atoms with E-state index in [4.69, 9.17) is 33.9 Å². The zero-order valence-corrected chi connectivity index (χ0v) is 16.0. The molecule has 9 heteroatoms. The molecular weight excluding hydrogens is 384 g/mol. The van der Waals surface area contributed by atoms with E-state index in [1.165, 1.54) is 50.6 Å². The molecule has 2 aromatic rings. The average molecular weight is 406 g/mol. The fourth-order valence-electron chi connectivity index (χ4n) is 2.36. The largest absolute Gasteiger partial charge is 0.493 e. The first-order valence-corrected chi connectivity index (χ1v) is 8.62. The van der Waals surface area contributed by atoms with E-state index in [9.17, 15) is 9.59 Å². The number of ether oxygens (including phenoxy) is 5. The van der Waals surface area contributed by atoms with E-state index >= 15 is 0 Å². The van der Waals surface area contributed by atoms with Gasteiger partial charge in [-0.15, -0.1) is 0 Å². The molecular formula is C20H22O9. The van der Waals surface area contributed by atoms with Crippen LogP contribution in [0.2, 0.25) is 0 Å². The molecule has 0 heterocycles. The maximum Gasteiger partial charge on any atom is 0.335 e. The predicted octanol–water partition coefficient (Wildman–Crippen LogP) is 2.57. The minimum absolute atomic E-state index is 0.106. The summed E-state index contributed by atoms with van der Waals surface area (Å²) in [5.41, 5.74) is 0.212. The summed E-state index contributed by atoms with van der Waals surface area (Å²) >= 11 is 0. The van der Waals surface area contributed by atoms with E-state index < -0.39 is 11.9 Å². The molecule has 156 valence electrons. The molecule has 0 fully saturated rings. The van der Waals surface area contributed by atoms with E-state index in [2.05, 4.69) is 0 Å². The van der Waals surface area contributed by atoms with Gasteiger partial charge >= 0.3 is 11.9 Å². The van der Waals surface area contributed by atoms with Crippen molar-refractivity contribution < 1.29 is 43.5 Å². The fraction of sp³-hybridized carbons (Fsp3) is 0.300. The number of benzene rings is 2. The lowest BCUT2D eigenvalue weighted by molar-refractivity contribution is 0.0685. The Balaban J connectivity index is 1.73. The second-order valence-electron chi connectivity index (χ2n) is 5.65. The molecule has 0 aliphatic heterocycles. The zero-order valence-electron chi connectivity index (χ0n) is 16.0. The third-order valence-electron chi connectivity index (χ3n) is 3.79. The number of carboxylic acid groups (broad SMARTS) is 2. The van der Waals surface area contributed by atoms with Crippen LogP contribution in [0, 0.1) is 0 Å². The minimum atomic E-state index is -1.05. The van der Waals surface area contributed by atoms with Gasteiger partial charge in [-0.3, -0.25) is 0 Å². The van der Waals surface area contributed by atoms with E-state index in [0.717, 1.165) is 0 Å². The molecule has 0 saturated carbocycles. The maximum absolute atomic E-state index is 11.0. The Bertz CT molecular complexity index is 778. The van der Waals surface area contributed by atoms with Crippen molar-refractivity contribution in [1.29, 1.82) is 0 Å². The molecule has 0 aliphatic carbocycles. The third-order valence-corrected chi connectivity index (χ3v) is 3.79. The van der Waals surface area contributed by atoms with Crippen molar-refractivity contribution in [1.82, 2.24) is 0 Å². The number of hydrogen-bond donors (Lipinski definition) is 2.